The van der Waals surface area contributed by atoms with E-state index < -0.39 is 29.3 Å². The third-order valence-corrected chi connectivity index (χ3v) is 5.10. The van der Waals surface area contributed by atoms with Crippen molar-refractivity contribution in [2.45, 2.75) is 17.8 Å². The number of H-pyrrole nitrogens is 1. The van der Waals surface area contributed by atoms with E-state index in [2.05, 4.69) is 20.3 Å². The van der Waals surface area contributed by atoms with Gasteiger partial charge in [0.25, 0.3) is 0 Å². The molecule has 9 heteroatoms. The Hall–Kier alpha value is -3.59. The van der Waals surface area contributed by atoms with Crippen molar-refractivity contribution in [3.05, 3.63) is 70.7 Å². The Morgan fingerprint density at radius 1 is 0.900 bits per heavy atom. The molecule has 4 aliphatic heterocycles. The number of ketones is 2. The van der Waals surface area contributed by atoms with Gasteiger partial charge in [0.1, 0.15) is 0 Å². The second-order valence-electron chi connectivity index (χ2n) is 7.18. The number of rotatable bonds is 0. The van der Waals surface area contributed by atoms with Gasteiger partial charge in [0.05, 0.1) is 28.9 Å². The number of nitrogens with one attached hydrogen (secondary N) is 2. The molecule has 150 valence electrons. The Kier molecular flexibility index (Phi) is 3.81. The molecule has 8 bridgehead atoms. The van der Waals surface area contributed by atoms with Gasteiger partial charge in [-0.05, 0) is 60.7 Å². The number of fused-ring (bicyclic) bond motifs is 6. The average molecular weight is 410 g/mol. The summed E-state index contributed by atoms with van der Waals surface area (Å²) in [5, 5.41) is 3.66. The van der Waals surface area contributed by atoms with Crippen LogP contribution < -0.4 is 16.0 Å². The smallest absolute Gasteiger partial charge is 0.355 e. The van der Waals surface area contributed by atoms with Crippen LogP contribution in [0.25, 0.3) is 12.2 Å². The highest BCUT2D eigenvalue weighted by Gasteiger charge is 2.66. The Balaban J connectivity index is 1.74. The van der Waals surface area contributed by atoms with Crippen molar-refractivity contribution in [1.29, 1.82) is 0 Å². The number of hydrogen-bond acceptors (Lipinski definition) is 5. The molecule has 1 fully saturated rings. The molecular formula is C21H13F3N4O2. The van der Waals surface area contributed by atoms with Gasteiger partial charge in [-0.3, -0.25) is 14.9 Å². The van der Waals surface area contributed by atoms with Crippen LogP contribution >= 0.6 is 0 Å². The number of hydrogen-bond donors (Lipinski definition) is 2. The van der Waals surface area contributed by atoms with Crippen molar-refractivity contribution in [3.63, 3.8) is 0 Å². The minimum Gasteiger partial charge on any atom is -0.355 e. The zero-order valence-corrected chi connectivity index (χ0v) is 15.2. The molecule has 0 aliphatic carbocycles. The van der Waals surface area contributed by atoms with Crippen molar-refractivity contribution < 1.29 is 22.8 Å². The van der Waals surface area contributed by atoms with Crippen molar-refractivity contribution in [2.75, 3.05) is 0 Å². The van der Waals surface area contributed by atoms with Gasteiger partial charge < -0.3 is 4.98 Å². The van der Waals surface area contributed by atoms with Gasteiger partial charge in [0.15, 0.2) is 0 Å². The normalized spacial score (nSPS) is 27.4. The van der Waals surface area contributed by atoms with E-state index in [1.807, 2.05) is 6.07 Å². The summed E-state index contributed by atoms with van der Waals surface area (Å²) in [4.78, 5) is 36.5. The van der Waals surface area contributed by atoms with Crippen LogP contribution in [-0.4, -0.2) is 45.7 Å². The lowest BCUT2D eigenvalue weighted by Gasteiger charge is -2.27. The zero-order valence-electron chi connectivity index (χ0n) is 15.2. The third-order valence-electron chi connectivity index (χ3n) is 5.10. The maximum atomic E-state index is 14.0. The predicted molar refractivity (Wildman–Crippen MR) is 104 cm³/mol. The highest BCUT2D eigenvalue weighted by Crippen LogP contribution is 2.38. The number of alkyl halides is 3. The molecule has 2 atom stereocenters. The molecule has 5 rings (SSSR count). The average Bonchev–Trinajstić information content (AvgIpc) is 3.44. The molecule has 1 saturated heterocycles. The molecule has 4 aliphatic rings. The van der Waals surface area contributed by atoms with E-state index in [0.29, 0.717) is 22.8 Å². The van der Waals surface area contributed by atoms with E-state index in [0.717, 1.165) is 5.35 Å². The van der Waals surface area contributed by atoms with Crippen LogP contribution in [-0.2, 0) is 9.59 Å². The summed E-state index contributed by atoms with van der Waals surface area (Å²) in [7, 11) is 0. The van der Waals surface area contributed by atoms with Crippen molar-refractivity contribution in [3.8, 4) is 0 Å². The quantitative estimate of drug-likeness (QED) is 0.620. The van der Waals surface area contributed by atoms with Crippen LogP contribution in [0.1, 0.15) is 0 Å². The molecule has 0 aromatic carbocycles. The fraction of sp³-hybridized carbons (Fsp3) is 0.143. The van der Waals surface area contributed by atoms with Crippen LogP contribution in [0, 0.1) is 0 Å². The first-order valence-corrected chi connectivity index (χ1v) is 9.03. The minimum absolute atomic E-state index is 0.0629. The van der Waals surface area contributed by atoms with Gasteiger partial charge in [-0.2, -0.15) is 13.2 Å². The highest BCUT2D eigenvalue weighted by molar-refractivity contribution is 6.46. The summed E-state index contributed by atoms with van der Waals surface area (Å²) in [5.74, 6) is -2.74. The van der Waals surface area contributed by atoms with Crippen molar-refractivity contribution >= 4 is 35.1 Å². The number of carbonyl (C=O) groups is 2. The summed E-state index contributed by atoms with van der Waals surface area (Å²) in [6.07, 6.45) is 6.42. The van der Waals surface area contributed by atoms with Gasteiger partial charge in [0.2, 0.25) is 17.1 Å². The van der Waals surface area contributed by atoms with Crippen molar-refractivity contribution in [1.82, 2.24) is 10.3 Å². The Labute approximate surface area is 167 Å². The summed E-state index contributed by atoms with van der Waals surface area (Å²) in [6.45, 7) is 0. The standard InChI is InChI=1S/C21H13F3N4O2/c22-21(23,24)20-10-16-6-5-14(27-16)8-12-2-1-11(25-12)7-13-3-4-15(26-13)9-17(28-20)18(29)19(20)30/h1-10,17,25,28H. The van der Waals surface area contributed by atoms with Crippen LogP contribution in [0.5, 0.6) is 0 Å². The van der Waals surface area contributed by atoms with Gasteiger partial charge in [-0.15, -0.1) is 0 Å². The molecule has 0 radical (unpaired) electrons. The minimum atomic E-state index is -5.04. The maximum Gasteiger partial charge on any atom is 0.418 e. The van der Waals surface area contributed by atoms with E-state index in [-0.39, 0.29) is 11.4 Å². The summed E-state index contributed by atoms with van der Waals surface area (Å²) >= 11 is 0. The lowest BCUT2D eigenvalue weighted by molar-refractivity contribution is -0.182. The molecule has 1 aromatic heterocycles. The predicted octanol–water partition coefficient (Wildman–Crippen LogP) is 0.790. The zero-order chi connectivity index (χ0) is 21.1. The van der Waals surface area contributed by atoms with E-state index >= 15 is 0 Å². The summed E-state index contributed by atoms with van der Waals surface area (Å²) < 4.78 is 42.1. The van der Waals surface area contributed by atoms with Gasteiger partial charge in [-0.25, -0.2) is 9.98 Å². The molecule has 0 saturated carbocycles. The van der Waals surface area contributed by atoms with Crippen LogP contribution in [0.2, 0.25) is 0 Å². The largest absolute Gasteiger partial charge is 0.418 e. The molecule has 1 aromatic rings. The Bertz CT molecular complexity index is 1300. The molecule has 5 heterocycles. The topological polar surface area (TPSA) is 86.7 Å². The Morgan fingerprint density at radius 2 is 1.50 bits per heavy atom. The fourth-order valence-electron chi connectivity index (χ4n) is 3.66. The van der Waals surface area contributed by atoms with Crippen LogP contribution in [0.4, 0.5) is 13.2 Å². The SMILES string of the molecule is O=C1C(=O)C2(C(F)(F)F)C=C3C=CC(=N3)C=c3ccc([nH]3)=CC3=NC(=CC1N2)C=C3. The fourth-order valence-corrected chi connectivity index (χ4v) is 3.66. The molecule has 0 amide bonds. The number of aliphatic imine (C=N–C) groups is 2. The lowest BCUT2D eigenvalue weighted by Crippen LogP contribution is -2.57. The number of carbonyl (C=O) groups excluding carboxylic acids is 2. The first-order valence-electron chi connectivity index (χ1n) is 9.03. The second kappa shape index (κ2) is 6.20. The van der Waals surface area contributed by atoms with Gasteiger partial charge in [0, 0.05) is 10.7 Å². The molecular weight excluding hydrogens is 397 g/mol. The van der Waals surface area contributed by atoms with E-state index in [4.69, 9.17) is 0 Å². The molecule has 0 spiro atoms. The first-order chi connectivity index (χ1) is 14.2. The van der Waals surface area contributed by atoms with E-state index in [1.165, 1.54) is 18.2 Å². The maximum absolute atomic E-state index is 14.0. The summed E-state index contributed by atoms with van der Waals surface area (Å²) in [6, 6.07) is 2.19. The number of Topliss-reactive ketones (excluding diaryl/α,β-unsaturated/α-hetero) is 2. The highest BCUT2D eigenvalue weighted by atomic mass is 19.4. The molecule has 30 heavy (non-hydrogen) atoms. The number of aromatic nitrogens is 1. The summed E-state index contributed by atoms with van der Waals surface area (Å²) in [5.41, 5.74) is -1.96. The number of nitrogens with zero attached hydrogens (tertiary/aromatic N) is 2. The number of allylic oxidation sites excluding steroid dienone is 4. The first kappa shape index (κ1) is 18.4. The molecule has 6 nitrogen and oxygen atoms in total. The Morgan fingerprint density at radius 3 is 2.13 bits per heavy atom. The number of aromatic amines is 1. The van der Waals surface area contributed by atoms with Crippen LogP contribution in [0.3, 0.4) is 0 Å². The monoisotopic (exact) mass is 410 g/mol. The molecule has 2 unspecified atom stereocenters. The molecule has 2 N–H and O–H groups in total. The van der Waals surface area contributed by atoms with Crippen LogP contribution in [0.15, 0.2) is 70.0 Å². The van der Waals surface area contributed by atoms with E-state index in [9.17, 15) is 22.8 Å². The van der Waals surface area contributed by atoms with Crippen molar-refractivity contribution in [2.24, 2.45) is 9.98 Å². The second-order valence-corrected chi connectivity index (χ2v) is 7.18. The lowest BCUT2D eigenvalue weighted by atomic mass is 9.93. The third kappa shape index (κ3) is 2.86. The van der Waals surface area contributed by atoms with E-state index in [1.54, 1.807) is 30.4 Å². The number of halogens is 3. The van der Waals surface area contributed by atoms with Gasteiger partial charge in [-0.1, -0.05) is 0 Å². The van der Waals surface area contributed by atoms with Gasteiger partial charge >= 0.3 is 6.18 Å².